The smallest absolute Gasteiger partial charge is 0.315 e. The van der Waals surface area contributed by atoms with Crippen LogP contribution in [0.15, 0.2) is 42.5 Å². The molecule has 27 heavy (non-hydrogen) atoms. The largest absolute Gasteiger partial charge is 0.334 e. The topological polar surface area (TPSA) is 70.2 Å². The molecule has 0 spiro atoms. The van der Waals surface area contributed by atoms with Crippen molar-refractivity contribution >= 4 is 40.8 Å². The highest BCUT2D eigenvalue weighted by Crippen LogP contribution is 2.30. The maximum atomic E-state index is 12.2. The third kappa shape index (κ3) is 5.62. The highest BCUT2D eigenvalue weighted by atomic mass is 35.5. The Morgan fingerprint density at radius 2 is 1.93 bits per heavy atom. The molecule has 3 N–H and O–H groups in total. The zero-order valence-electron chi connectivity index (χ0n) is 14.9. The molecule has 0 aliphatic heterocycles. The summed E-state index contributed by atoms with van der Waals surface area (Å²) in [5.41, 5.74) is 2.44. The summed E-state index contributed by atoms with van der Waals surface area (Å²) in [6, 6.07) is 12.1. The van der Waals surface area contributed by atoms with Crippen LogP contribution in [0.2, 0.25) is 10.0 Å². The second kappa shape index (κ2) is 8.63. The fourth-order valence-electron chi connectivity index (χ4n) is 2.71. The van der Waals surface area contributed by atoms with Crippen molar-refractivity contribution in [3.05, 3.63) is 63.6 Å². The van der Waals surface area contributed by atoms with Gasteiger partial charge in [-0.1, -0.05) is 41.4 Å². The van der Waals surface area contributed by atoms with E-state index in [0.717, 1.165) is 29.7 Å². The number of hydrogen-bond donors (Lipinski definition) is 3. The molecule has 1 aliphatic carbocycles. The monoisotopic (exact) mass is 405 g/mol. The van der Waals surface area contributed by atoms with Gasteiger partial charge in [-0.3, -0.25) is 4.79 Å². The summed E-state index contributed by atoms with van der Waals surface area (Å²) in [6.45, 7) is 2.20. The normalized spacial score (nSPS) is 14.3. The van der Waals surface area contributed by atoms with E-state index in [4.69, 9.17) is 23.2 Å². The lowest BCUT2D eigenvalue weighted by atomic mass is 10.1. The van der Waals surface area contributed by atoms with Crippen molar-refractivity contribution in [2.24, 2.45) is 5.92 Å². The number of carbonyl (C=O) groups excluding carboxylic acids is 2. The molecule has 1 fully saturated rings. The summed E-state index contributed by atoms with van der Waals surface area (Å²) in [4.78, 5) is 24.0. The van der Waals surface area contributed by atoms with Gasteiger partial charge in [0.05, 0.1) is 6.04 Å². The minimum Gasteiger partial charge on any atom is -0.334 e. The standard InChI is InChI=1S/C20H21Cl2N3O2/c1-12(17-8-7-15(21)10-18(17)22)24-20(27)23-11-13-3-2-4-16(9-13)25-19(26)14-5-6-14/h2-4,7-10,12,14H,5-6,11H2,1H3,(H,25,26)(H2,23,24,27). The van der Waals surface area contributed by atoms with E-state index in [1.54, 1.807) is 18.2 Å². The predicted molar refractivity (Wildman–Crippen MR) is 108 cm³/mol. The highest BCUT2D eigenvalue weighted by molar-refractivity contribution is 6.35. The second-order valence-corrected chi connectivity index (χ2v) is 7.52. The van der Waals surface area contributed by atoms with Crippen LogP contribution in [0, 0.1) is 5.92 Å². The van der Waals surface area contributed by atoms with Gasteiger partial charge >= 0.3 is 6.03 Å². The SMILES string of the molecule is CC(NC(=O)NCc1cccc(NC(=O)C2CC2)c1)c1ccc(Cl)cc1Cl. The van der Waals surface area contributed by atoms with E-state index in [1.165, 1.54) is 0 Å². The van der Waals surface area contributed by atoms with Crippen LogP contribution < -0.4 is 16.0 Å². The summed E-state index contributed by atoms with van der Waals surface area (Å²) in [6.07, 6.45) is 1.92. The second-order valence-electron chi connectivity index (χ2n) is 6.68. The zero-order valence-corrected chi connectivity index (χ0v) is 16.4. The van der Waals surface area contributed by atoms with Gasteiger partial charge in [0, 0.05) is 28.2 Å². The van der Waals surface area contributed by atoms with Crippen LogP contribution in [0.3, 0.4) is 0 Å². The van der Waals surface area contributed by atoms with E-state index in [9.17, 15) is 9.59 Å². The van der Waals surface area contributed by atoms with Crippen LogP contribution in [0.5, 0.6) is 0 Å². The van der Waals surface area contributed by atoms with E-state index in [1.807, 2.05) is 31.2 Å². The van der Waals surface area contributed by atoms with Gasteiger partial charge in [-0.05, 0) is 55.2 Å². The Kier molecular flexibility index (Phi) is 6.24. The molecule has 1 unspecified atom stereocenters. The third-order valence-electron chi connectivity index (χ3n) is 4.37. The summed E-state index contributed by atoms with van der Waals surface area (Å²) in [7, 11) is 0. The first-order valence-electron chi connectivity index (χ1n) is 8.81. The van der Waals surface area contributed by atoms with E-state index < -0.39 is 0 Å². The molecule has 2 aromatic carbocycles. The Labute approximate surface area is 168 Å². The Hall–Kier alpha value is -2.24. The van der Waals surface area contributed by atoms with Gasteiger partial charge in [0.15, 0.2) is 0 Å². The molecule has 0 aromatic heterocycles. The Morgan fingerprint density at radius 3 is 2.63 bits per heavy atom. The van der Waals surface area contributed by atoms with Gasteiger partial charge < -0.3 is 16.0 Å². The van der Waals surface area contributed by atoms with E-state index in [-0.39, 0.29) is 23.9 Å². The van der Waals surface area contributed by atoms with Gasteiger partial charge in [-0.25, -0.2) is 4.79 Å². The first kappa shape index (κ1) is 19.5. The van der Waals surface area contributed by atoms with Crippen molar-refractivity contribution in [2.75, 3.05) is 5.32 Å². The summed E-state index contributed by atoms with van der Waals surface area (Å²) in [5.74, 6) is 0.213. The quantitative estimate of drug-likeness (QED) is 0.639. The molecular weight excluding hydrogens is 385 g/mol. The predicted octanol–water partition coefficient (Wildman–Crippen LogP) is 4.90. The number of carbonyl (C=O) groups is 2. The lowest BCUT2D eigenvalue weighted by Crippen LogP contribution is -2.36. The fraction of sp³-hybridized carbons (Fsp3) is 0.300. The molecule has 3 amide bonds. The van der Waals surface area contributed by atoms with Gasteiger partial charge in [-0.15, -0.1) is 0 Å². The van der Waals surface area contributed by atoms with Crippen molar-refractivity contribution in [3.63, 3.8) is 0 Å². The number of nitrogens with one attached hydrogen (secondary N) is 3. The maximum Gasteiger partial charge on any atom is 0.315 e. The van der Waals surface area contributed by atoms with Crippen LogP contribution in [-0.2, 0) is 11.3 Å². The number of urea groups is 1. The van der Waals surface area contributed by atoms with Gasteiger partial charge in [-0.2, -0.15) is 0 Å². The molecule has 0 saturated heterocycles. The number of amides is 3. The number of benzene rings is 2. The third-order valence-corrected chi connectivity index (χ3v) is 4.93. The zero-order chi connectivity index (χ0) is 19.4. The first-order valence-corrected chi connectivity index (χ1v) is 9.57. The average Bonchev–Trinajstić information content (AvgIpc) is 3.45. The number of halogens is 2. The molecule has 1 atom stereocenters. The molecule has 7 heteroatoms. The molecule has 2 aromatic rings. The average molecular weight is 406 g/mol. The van der Waals surface area contributed by atoms with Crippen LogP contribution in [-0.4, -0.2) is 11.9 Å². The fourth-order valence-corrected chi connectivity index (χ4v) is 3.28. The Morgan fingerprint density at radius 1 is 1.15 bits per heavy atom. The van der Waals surface area contributed by atoms with Crippen molar-refractivity contribution in [3.8, 4) is 0 Å². The molecule has 1 saturated carbocycles. The molecule has 0 bridgehead atoms. The molecule has 1 aliphatic rings. The minimum absolute atomic E-state index is 0.0616. The number of hydrogen-bond acceptors (Lipinski definition) is 2. The van der Waals surface area contributed by atoms with E-state index >= 15 is 0 Å². The molecule has 3 rings (SSSR count). The van der Waals surface area contributed by atoms with Gasteiger partial charge in [0.1, 0.15) is 0 Å². The summed E-state index contributed by atoms with van der Waals surface area (Å²) in [5, 5.41) is 9.63. The van der Waals surface area contributed by atoms with Crippen LogP contribution in [0.4, 0.5) is 10.5 Å². The van der Waals surface area contributed by atoms with Crippen LogP contribution in [0.25, 0.3) is 0 Å². The van der Waals surface area contributed by atoms with Crippen molar-refractivity contribution in [2.45, 2.75) is 32.4 Å². The van der Waals surface area contributed by atoms with Crippen molar-refractivity contribution < 1.29 is 9.59 Å². The van der Waals surface area contributed by atoms with Gasteiger partial charge in [0.25, 0.3) is 0 Å². The van der Waals surface area contributed by atoms with Crippen LogP contribution >= 0.6 is 23.2 Å². The number of anilines is 1. The molecule has 142 valence electrons. The molecule has 5 nitrogen and oxygen atoms in total. The van der Waals surface area contributed by atoms with Gasteiger partial charge in [0.2, 0.25) is 5.91 Å². The Bertz CT molecular complexity index is 853. The minimum atomic E-state index is -0.305. The van der Waals surface area contributed by atoms with Crippen molar-refractivity contribution in [1.82, 2.24) is 10.6 Å². The summed E-state index contributed by atoms with van der Waals surface area (Å²) >= 11 is 12.1. The lowest BCUT2D eigenvalue weighted by molar-refractivity contribution is -0.117. The summed E-state index contributed by atoms with van der Waals surface area (Å²) < 4.78 is 0. The molecular formula is C20H21Cl2N3O2. The van der Waals surface area contributed by atoms with E-state index in [2.05, 4.69) is 16.0 Å². The maximum absolute atomic E-state index is 12.2. The molecule has 0 heterocycles. The van der Waals surface area contributed by atoms with Crippen molar-refractivity contribution in [1.29, 1.82) is 0 Å². The number of rotatable bonds is 6. The first-order chi connectivity index (χ1) is 12.9. The van der Waals surface area contributed by atoms with E-state index in [0.29, 0.717) is 16.6 Å². The highest BCUT2D eigenvalue weighted by Gasteiger charge is 2.29. The van der Waals surface area contributed by atoms with Crippen LogP contribution in [0.1, 0.15) is 36.9 Å². The Balaban J connectivity index is 1.51. The lowest BCUT2D eigenvalue weighted by Gasteiger charge is -2.16. The molecule has 0 radical (unpaired) electrons.